The number of thioether (sulfide) groups is 1. The Balaban J connectivity index is 1.39. The quantitative estimate of drug-likeness (QED) is 0.565. The maximum atomic E-state index is 12.1. The van der Waals surface area contributed by atoms with E-state index >= 15 is 0 Å². The lowest BCUT2D eigenvalue weighted by Crippen LogP contribution is -2.20. The van der Waals surface area contributed by atoms with E-state index in [1.807, 2.05) is 30.3 Å². The standard InChI is InChI=1S/C23H18N2O5S/c1-29-18-8-5-17(6-9-18)24-21(26)13-30-19-7-4-15-10-14(2-3-16(15)12-19)11-20-22(27)25-23(28)31-20/h2-12H,13H2,1H3,(H,24,26)(H,25,27,28)/b20-11+. The average molecular weight is 434 g/mol. The highest BCUT2D eigenvalue weighted by Crippen LogP contribution is 2.28. The first-order valence-electron chi connectivity index (χ1n) is 9.35. The highest BCUT2D eigenvalue weighted by Gasteiger charge is 2.24. The molecule has 1 heterocycles. The van der Waals surface area contributed by atoms with Crippen LogP contribution in [0.2, 0.25) is 0 Å². The molecule has 4 rings (SSSR count). The van der Waals surface area contributed by atoms with Crippen molar-refractivity contribution in [1.29, 1.82) is 0 Å². The van der Waals surface area contributed by atoms with Gasteiger partial charge in [0.1, 0.15) is 11.5 Å². The number of imide groups is 1. The summed E-state index contributed by atoms with van der Waals surface area (Å²) in [6.07, 6.45) is 1.68. The van der Waals surface area contributed by atoms with Crippen LogP contribution >= 0.6 is 11.8 Å². The van der Waals surface area contributed by atoms with Gasteiger partial charge in [-0.2, -0.15) is 0 Å². The molecule has 0 bridgehead atoms. The summed E-state index contributed by atoms with van der Waals surface area (Å²) in [5, 5.41) is 6.51. The number of methoxy groups -OCH3 is 1. The van der Waals surface area contributed by atoms with E-state index < -0.39 is 0 Å². The molecule has 2 N–H and O–H groups in total. The highest BCUT2D eigenvalue weighted by atomic mass is 32.2. The molecule has 7 nitrogen and oxygen atoms in total. The van der Waals surface area contributed by atoms with Gasteiger partial charge in [-0.05, 0) is 76.6 Å². The molecule has 0 aromatic heterocycles. The maximum Gasteiger partial charge on any atom is 0.290 e. The van der Waals surface area contributed by atoms with Crippen LogP contribution in [-0.4, -0.2) is 30.8 Å². The Morgan fingerprint density at radius 2 is 1.71 bits per heavy atom. The molecular weight excluding hydrogens is 416 g/mol. The number of carbonyl (C=O) groups excluding carboxylic acids is 3. The van der Waals surface area contributed by atoms with E-state index in [0.29, 0.717) is 22.1 Å². The van der Waals surface area contributed by atoms with Gasteiger partial charge in [0.2, 0.25) is 0 Å². The van der Waals surface area contributed by atoms with Crippen LogP contribution in [0.15, 0.2) is 65.6 Å². The summed E-state index contributed by atoms with van der Waals surface area (Å²) in [6.45, 7) is -0.123. The smallest absolute Gasteiger partial charge is 0.290 e. The molecule has 0 atom stereocenters. The van der Waals surface area contributed by atoms with Gasteiger partial charge in [-0.1, -0.05) is 18.2 Å². The second-order valence-corrected chi connectivity index (χ2v) is 7.70. The van der Waals surface area contributed by atoms with Crippen LogP contribution in [-0.2, 0) is 9.59 Å². The van der Waals surface area contributed by atoms with Crippen molar-refractivity contribution in [3.05, 3.63) is 71.1 Å². The zero-order chi connectivity index (χ0) is 21.8. The van der Waals surface area contributed by atoms with Crippen LogP contribution in [0.4, 0.5) is 10.5 Å². The molecule has 0 radical (unpaired) electrons. The molecular formula is C23H18N2O5S. The number of carbonyl (C=O) groups is 3. The molecule has 1 saturated heterocycles. The van der Waals surface area contributed by atoms with E-state index in [-0.39, 0.29) is 23.7 Å². The van der Waals surface area contributed by atoms with E-state index in [9.17, 15) is 14.4 Å². The normalized spacial score (nSPS) is 14.5. The van der Waals surface area contributed by atoms with Gasteiger partial charge in [-0.3, -0.25) is 19.7 Å². The van der Waals surface area contributed by atoms with Crippen molar-refractivity contribution in [1.82, 2.24) is 5.32 Å². The Hall–Kier alpha value is -3.78. The minimum Gasteiger partial charge on any atom is -0.497 e. The first-order valence-corrected chi connectivity index (χ1v) is 10.2. The Labute approximate surface area is 182 Å². The number of rotatable bonds is 6. The highest BCUT2D eigenvalue weighted by molar-refractivity contribution is 8.18. The molecule has 3 aromatic rings. The van der Waals surface area contributed by atoms with Gasteiger partial charge in [0.05, 0.1) is 12.0 Å². The van der Waals surface area contributed by atoms with E-state index in [4.69, 9.17) is 9.47 Å². The molecule has 3 aromatic carbocycles. The lowest BCUT2D eigenvalue weighted by Gasteiger charge is -2.09. The summed E-state index contributed by atoms with van der Waals surface area (Å²) in [5.41, 5.74) is 1.47. The first kappa shape index (κ1) is 20.5. The number of fused-ring (bicyclic) bond motifs is 1. The zero-order valence-electron chi connectivity index (χ0n) is 16.5. The Morgan fingerprint density at radius 1 is 1.00 bits per heavy atom. The van der Waals surface area contributed by atoms with Crippen molar-refractivity contribution >= 4 is 51.4 Å². The predicted molar refractivity (Wildman–Crippen MR) is 120 cm³/mol. The molecule has 0 aliphatic carbocycles. The maximum absolute atomic E-state index is 12.1. The number of benzene rings is 3. The monoisotopic (exact) mass is 434 g/mol. The predicted octanol–water partition coefficient (Wildman–Crippen LogP) is 4.19. The number of hydrogen-bond acceptors (Lipinski definition) is 6. The fourth-order valence-electron chi connectivity index (χ4n) is 3.01. The Kier molecular flexibility index (Phi) is 5.90. The van der Waals surface area contributed by atoms with Crippen LogP contribution in [0.3, 0.4) is 0 Å². The van der Waals surface area contributed by atoms with Gasteiger partial charge in [0, 0.05) is 5.69 Å². The fraction of sp³-hybridized carbons (Fsp3) is 0.0870. The summed E-state index contributed by atoms with van der Waals surface area (Å²) in [4.78, 5) is 35.5. The molecule has 1 aliphatic rings. The molecule has 156 valence electrons. The molecule has 3 amide bonds. The summed E-state index contributed by atoms with van der Waals surface area (Å²) in [6, 6.07) is 18.2. The van der Waals surface area contributed by atoms with E-state index in [2.05, 4.69) is 10.6 Å². The van der Waals surface area contributed by atoms with Crippen molar-refractivity contribution in [3.8, 4) is 11.5 Å². The number of anilines is 1. The van der Waals surface area contributed by atoms with Crippen LogP contribution in [0, 0.1) is 0 Å². The average Bonchev–Trinajstić information content (AvgIpc) is 3.09. The summed E-state index contributed by atoms with van der Waals surface area (Å²) in [5.74, 6) is 0.629. The van der Waals surface area contributed by atoms with Crippen molar-refractivity contribution in [2.45, 2.75) is 0 Å². The molecule has 0 unspecified atom stereocenters. The molecule has 1 aliphatic heterocycles. The van der Waals surface area contributed by atoms with E-state index in [0.717, 1.165) is 28.1 Å². The zero-order valence-corrected chi connectivity index (χ0v) is 17.3. The lowest BCUT2D eigenvalue weighted by molar-refractivity contribution is -0.118. The largest absolute Gasteiger partial charge is 0.497 e. The van der Waals surface area contributed by atoms with Crippen LogP contribution < -0.4 is 20.1 Å². The minimum absolute atomic E-state index is 0.123. The van der Waals surface area contributed by atoms with Gasteiger partial charge < -0.3 is 14.8 Å². The fourth-order valence-corrected chi connectivity index (χ4v) is 3.70. The Morgan fingerprint density at radius 3 is 2.42 bits per heavy atom. The van der Waals surface area contributed by atoms with Crippen molar-refractivity contribution < 1.29 is 23.9 Å². The third-order valence-electron chi connectivity index (χ3n) is 4.52. The van der Waals surface area contributed by atoms with Gasteiger partial charge in [-0.25, -0.2) is 0 Å². The van der Waals surface area contributed by atoms with Crippen molar-refractivity contribution in [2.75, 3.05) is 19.0 Å². The van der Waals surface area contributed by atoms with Crippen LogP contribution in [0.25, 0.3) is 16.8 Å². The Bertz CT molecular complexity index is 1200. The van der Waals surface area contributed by atoms with Crippen molar-refractivity contribution in [2.24, 2.45) is 0 Å². The van der Waals surface area contributed by atoms with Crippen LogP contribution in [0.5, 0.6) is 11.5 Å². The topological polar surface area (TPSA) is 93.7 Å². The summed E-state index contributed by atoms with van der Waals surface area (Å²) >= 11 is 0.885. The second kappa shape index (κ2) is 8.93. The SMILES string of the molecule is COc1ccc(NC(=O)COc2ccc3cc(/C=C4/SC(=O)NC4=O)ccc3c2)cc1. The first-order chi connectivity index (χ1) is 15.0. The lowest BCUT2D eigenvalue weighted by atomic mass is 10.1. The molecule has 8 heteroatoms. The molecule has 31 heavy (non-hydrogen) atoms. The summed E-state index contributed by atoms with van der Waals surface area (Å²) in [7, 11) is 1.58. The van der Waals surface area contributed by atoms with Gasteiger partial charge >= 0.3 is 0 Å². The number of hydrogen-bond donors (Lipinski definition) is 2. The van der Waals surface area contributed by atoms with Crippen LogP contribution in [0.1, 0.15) is 5.56 Å². The van der Waals surface area contributed by atoms with E-state index in [1.54, 1.807) is 43.5 Å². The number of ether oxygens (including phenoxy) is 2. The second-order valence-electron chi connectivity index (χ2n) is 6.69. The molecule has 0 spiro atoms. The third-order valence-corrected chi connectivity index (χ3v) is 5.33. The minimum atomic E-state index is -0.383. The number of nitrogens with one attached hydrogen (secondary N) is 2. The summed E-state index contributed by atoms with van der Waals surface area (Å²) < 4.78 is 10.7. The van der Waals surface area contributed by atoms with Gasteiger partial charge in [-0.15, -0.1) is 0 Å². The van der Waals surface area contributed by atoms with E-state index in [1.165, 1.54) is 0 Å². The van der Waals surface area contributed by atoms with Gasteiger partial charge in [0.15, 0.2) is 6.61 Å². The third kappa shape index (κ3) is 5.04. The molecule has 1 fully saturated rings. The molecule has 0 saturated carbocycles. The van der Waals surface area contributed by atoms with Gasteiger partial charge in [0.25, 0.3) is 17.1 Å². The van der Waals surface area contributed by atoms with Crippen molar-refractivity contribution in [3.63, 3.8) is 0 Å². The number of amides is 3.